The van der Waals surface area contributed by atoms with Crippen LogP contribution in [0.25, 0.3) is 22.1 Å². The first kappa shape index (κ1) is 27.1. The molecule has 0 unspecified atom stereocenters. The zero-order valence-electron chi connectivity index (χ0n) is 22.6. The van der Waals surface area contributed by atoms with Gasteiger partial charge in [0.05, 0.1) is 18.0 Å². The van der Waals surface area contributed by atoms with Crippen LogP contribution >= 0.6 is 11.8 Å². The number of benzene rings is 2. The highest BCUT2D eigenvalue weighted by atomic mass is 32.2. The SMILES string of the molecule is CCOC(=O)C1CCN(C(=O)CCCCSc2nnc3c4ccccc4n(Cc4cccc(C)c4)c3n2)CC1. The normalized spacial score (nSPS) is 14.3. The van der Waals surface area contributed by atoms with Gasteiger partial charge >= 0.3 is 5.97 Å². The number of unbranched alkanes of at least 4 members (excludes halogenated alkanes) is 1. The van der Waals surface area contributed by atoms with Gasteiger partial charge in [0.1, 0.15) is 5.52 Å². The number of aromatic nitrogens is 4. The maximum atomic E-state index is 12.6. The summed E-state index contributed by atoms with van der Waals surface area (Å²) in [5, 5.41) is 10.7. The summed E-state index contributed by atoms with van der Waals surface area (Å²) in [5.74, 6) is 0.782. The van der Waals surface area contributed by atoms with Gasteiger partial charge in [0.25, 0.3) is 0 Å². The van der Waals surface area contributed by atoms with Crippen molar-refractivity contribution in [1.82, 2.24) is 24.6 Å². The van der Waals surface area contributed by atoms with Crippen molar-refractivity contribution >= 4 is 45.7 Å². The van der Waals surface area contributed by atoms with Crippen LogP contribution in [0.5, 0.6) is 0 Å². The van der Waals surface area contributed by atoms with Crippen molar-refractivity contribution in [1.29, 1.82) is 0 Å². The number of ether oxygens (including phenoxy) is 1. The number of carbonyl (C=O) groups is 2. The van der Waals surface area contributed by atoms with Gasteiger partial charge in [-0.25, -0.2) is 4.98 Å². The Morgan fingerprint density at radius 3 is 2.67 bits per heavy atom. The molecule has 0 aliphatic carbocycles. The number of fused-ring (bicyclic) bond motifs is 3. The Morgan fingerprint density at radius 1 is 1.05 bits per heavy atom. The van der Waals surface area contributed by atoms with Gasteiger partial charge in [-0.3, -0.25) is 9.59 Å². The van der Waals surface area contributed by atoms with Crippen LogP contribution in [0, 0.1) is 12.8 Å². The van der Waals surface area contributed by atoms with Gasteiger partial charge in [0.15, 0.2) is 5.65 Å². The molecule has 5 rings (SSSR count). The second-order valence-electron chi connectivity index (χ2n) is 10.1. The third-order valence-electron chi connectivity index (χ3n) is 7.26. The first-order valence-electron chi connectivity index (χ1n) is 13.8. The van der Waals surface area contributed by atoms with E-state index in [1.54, 1.807) is 11.8 Å². The number of hydrogen-bond acceptors (Lipinski definition) is 7. The second kappa shape index (κ2) is 12.6. The van der Waals surface area contributed by atoms with E-state index in [0.29, 0.717) is 50.7 Å². The van der Waals surface area contributed by atoms with E-state index >= 15 is 0 Å². The highest BCUT2D eigenvalue weighted by Gasteiger charge is 2.27. The van der Waals surface area contributed by atoms with E-state index in [4.69, 9.17) is 9.72 Å². The molecule has 39 heavy (non-hydrogen) atoms. The van der Waals surface area contributed by atoms with Gasteiger partial charge in [-0.1, -0.05) is 59.8 Å². The number of likely N-dealkylation sites (tertiary alicyclic amines) is 1. The van der Waals surface area contributed by atoms with Crippen molar-refractivity contribution in [2.45, 2.75) is 57.7 Å². The average Bonchev–Trinajstić information content (AvgIpc) is 3.25. The highest BCUT2D eigenvalue weighted by molar-refractivity contribution is 7.99. The van der Waals surface area contributed by atoms with E-state index in [-0.39, 0.29) is 17.8 Å². The first-order chi connectivity index (χ1) is 19.0. The van der Waals surface area contributed by atoms with E-state index in [1.807, 2.05) is 24.0 Å². The quantitative estimate of drug-likeness (QED) is 0.150. The number of piperidine rings is 1. The Bertz CT molecular complexity index is 1460. The monoisotopic (exact) mass is 545 g/mol. The smallest absolute Gasteiger partial charge is 0.309 e. The highest BCUT2D eigenvalue weighted by Crippen LogP contribution is 2.28. The van der Waals surface area contributed by atoms with Crippen LogP contribution in [0.4, 0.5) is 0 Å². The molecule has 1 aliphatic heterocycles. The van der Waals surface area contributed by atoms with E-state index in [1.165, 1.54) is 11.1 Å². The minimum atomic E-state index is -0.132. The topological polar surface area (TPSA) is 90.2 Å². The number of nitrogens with zero attached hydrogens (tertiary/aromatic N) is 5. The summed E-state index contributed by atoms with van der Waals surface area (Å²) >= 11 is 1.58. The molecule has 8 nitrogen and oxygen atoms in total. The lowest BCUT2D eigenvalue weighted by Crippen LogP contribution is -2.40. The first-order valence-corrected chi connectivity index (χ1v) is 14.8. The van der Waals surface area contributed by atoms with E-state index < -0.39 is 0 Å². The average molecular weight is 546 g/mol. The van der Waals surface area contributed by atoms with Gasteiger partial charge in [0, 0.05) is 37.2 Å². The molecule has 4 aromatic rings. The Hall–Kier alpha value is -3.46. The molecule has 0 N–H and O–H groups in total. The summed E-state index contributed by atoms with van der Waals surface area (Å²) in [6.07, 6.45) is 3.60. The van der Waals surface area contributed by atoms with Gasteiger partial charge in [-0.05, 0) is 51.2 Å². The standard InChI is InChI=1S/C30H35N5O3S/c1-3-38-29(37)23-14-16-34(17-15-23)26(36)13-6-7-18-39-30-31-28-27(32-33-30)24-11-4-5-12-25(24)35(28)20-22-10-8-9-21(2)19-22/h4-5,8-12,19,23H,3,6-7,13-18,20H2,1-2H3. The molecule has 2 aromatic heterocycles. The van der Waals surface area contributed by atoms with Gasteiger partial charge in [-0.15, -0.1) is 10.2 Å². The predicted molar refractivity (Wildman–Crippen MR) is 154 cm³/mol. The van der Waals surface area contributed by atoms with Crippen LogP contribution in [-0.4, -0.2) is 62.0 Å². The molecule has 9 heteroatoms. The van der Waals surface area contributed by atoms with Crippen LogP contribution in [0.1, 0.15) is 50.2 Å². The van der Waals surface area contributed by atoms with Crippen LogP contribution in [0.2, 0.25) is 0 Å². The Labute approximate surface area is 233 Å². The van der Waals surface area contributed by atoms with Gasteiger partial charge in [0.2, 0.25) is 11.1 Å². The molecule has 3 heterocycles. The van der Waals surface area contributed by atoms with Gasteiger partial charge < -0.3 is 14.2 Å². The van der Waals surface area contributed by atoms with Crippen molar-refractivity contribution in [3.63, 3.8) is 0 Å². The van der Waals surface area contributed by atoms with Crippen LogP contribution in [-0.2, 0) is 20.9 Å². The van der Waals surface area contributed by atoms with E-state index in [2.05, 4.69) is 58.1 Å². The zero-order valence-corrected chi connectivity index (χ0v) is 23.5. The Balaban J connectivity index is 1.16. The molecule has 1 fully saturated rings. The predicted octanol–water partition coefficient (Wildman–Crippen LogP) is 5.40. The number of esters is 1. The lowest BCUT2D eigenvalue weighted by Gasteiger charge is -2.31. The number of thioether (sulfide) groups is 1. The lowest BCUT2D eigenvalue weighted by atomic mass is 9.96. The summed E-state index contributed by atoms with van der Waals surface area (Å²) in [5.41, 5.74) is 5.22. The minimum Gasteiger partial charge on any atom is -0.466 e. The fourth-order valence-corrected chi connectivity index (χ4v) is 6.01. The summed E-state index contributed by atoms with van der Waals surface area (Å²) < 4.78 is 7.35. The number of para-hydroxylation sites is 1. The molecular weight excluding hydrogens is 510 g/mol. The van der Waals surface area contributed by atoms with E-state index in [0.717, 1.165) is 40.7 Å². The van der Waals surface area contributed by atoms with Crippen LogP contribution < -0.4 is 0 Å². The van der Waals surface area contributed by atoms with E-state index in [9.17, 15) is 9.59 Å². The number of rotatable bonds is 10. The third kappa shape index (κ3) is 6.41. The van der Waals surface area contributed by atoms with Crippen LogP contribution in [0.15, 0.2) is 53.7 Å². The summed E-state index contributed by atoms with van der Waals surface area (Å²) in [7, 11) is 0. The van der Waals surface area contributed by atoms with Crippen molar-refractivity contribution in [2.75, 3.05) is 25.4 Å². The Morgan fingerprint density at radius 2 is 1.87 bits per heavy atom. The molecule has 0 bridgehead atoms. The fraction of sp³-hybridized carbons (Fsp3) is 0.433. The largest absolute Gasteiger partial charge is 0.466 e. The van der Waals surface area contributed by atoms with Crippen molar-refractivity contribution in [2.24, 2.45) is 5.92 Å². The molecule has 1 saturated heterocycles. The molecule has 0 radical (unpaired) electrons. The molecule has 0 saturated carbocycles. The number of hydrogen-bond donors (Lipinski definition) is 0. The molecule has 0 spiro atoms. The molecule has 2 aromatic carbocycles. The number of aryl methyl sites for hydroxylation is 1. The number of carbonyl (C=O) groups excluding carboxylic acids is 2. The van der Waals surface area contributed by atoms with Gasteiger partial charge in [-0.2, -0.15) is 0 Å². The summed E-state index contributed by atoms with van der Waals surface area (Å²) in [4.78, 5) is 31.4. The van der Waals surface area contributed by atoms with Crippen LogP contribution in [0.3, 0.4) is 0 Å². The van der Waals surface area contributed by atoms with Crippen molar-refractivity contribution < 1.29 is 14.3 Å². The molecule has 204 valence electrons. The number of amides is 1. The Kier molecular flexibility index (Phi) is 8.76. The third-order valence-corrected chi connectivity index (χ3v) is 8.19. The maximum absolute atomic E-state index is 12.6. The molecule has 1 amide bonds. The second-order valence-corrected chi connectivity index (χ2v) is 11.1. The lowest BCUT2D eigenvalue weighted by molar-refractivity contribution is -0.151. The maximum Gasteiger partial charge on any atom is 0.309 e. The molecular formula is C30H35N5O3S. The molecule has 1 aliphatic rings. The fourth-order valence-electron chi connectivity index (χ4n) is 5.23. The molecule has 0 atom stereocenters. The summed E-state index contributed by atoms with van der Waals surface area (Å²) in [6, 6.07) is 16.8. The zero-order chi connectivity index (χ0) is 27.2. The van der Waals surface area contributed by atoms with Crippen molar-refractivity contribution in [3.8, 4) is 0 Å². The summed E-state index contributed by atoms with van der Waals surface area (Å²) in [6.45, 7) is 6.31. The minimum absolute atomic E-state index is 0.0770. The van der Waals surface area contributed by atoms with Crippen molar-refractivity contribution in [3.05, 3.63) is 59.7 Å².